The SMILES string of the molecule is COc1cccc(CN(C)[C@H](C)c2nc3scc(-c4cccs4)c3c(=O)[nH]2)c1. The van der Waals surface area contributed by atoms with E-state index in [2.05, 4.69) is 22.9 Å². The molecule has 0 amide bonds. The van der Waals surface area contributed by atoms with Gasteiger partial charge in [-0.1, -0.05) is 18.2 Å². The van der Waals surface area contributed by atoms with E-state index in [0.717, 1.165) is 33.1 Å². The van der Waals surface area contributed by atoms with Crippen LogP contribution in [-0.2, 0) is 6.54 Å². The third-order valence-electron chi connectivity index (χ3n) is 4.87. The Bertz CT molecular complexity index is 1150. The van der Waals surface area contributed by atoms with Gasteiger partial charge in [-0.3, -0.25) is 9.69 Å². The minimum Gasteiger partial charge on any atom is -0.497 e. The lowest BCUT2D eigenvalue weighted by Gasteiger charge is -2.24. The van der Waals surface area contributed by atoms with Crippen molar-refractivity contribution in [2.45, 2.75) is 19.5 Å². The zero-order valence-corrected chi connectivity index (χ0v) is 17.6. The molecule has 4 aromatic rings. The summed E-state index contributed by atoms with van der Waals surface area (Å²) < 4.78 is 5.30. The zero-order valence-electron chi connectivity index (χ0n) is 15.9. The van der Waals surface area contributed by atoms with Gasteiger partial charge in [0.2, 0.25) is 0 Å². The largest absolute Gasteiger partial charge is 0.497 e. The molecule has 4 rings (SSSR count). The van der Waals surface area contributed by atoms with E-state index in [0.29, 0.717) is 11.2 Å². The molecule has 28 heavy (non-hydrogen) atoms. The van der Waals surface area contributed by atoms with Crippen molar-refractivity contribution in [3.05, 3.63) is 68.9 Å². The van der Waals surface area contributed by atoms with Crippen molar-refractivity contribution in [3.63, 3.8) is 0 Å². The van der Waals surface area contributed by atoms with Crippen molar-refractivity contribution >= 4 is 32.9 Å². The van der Waals surface area contributed by atoms with Gasteiger partial charge in [-0.05, 0) is 43.1 Å². The minimum absolute atomic E-state index is 0.0319. The number of nitrogens with zero attached hydrogens (tertiary/aromatic N) is 2. The van der Waals surface area contributed by atoms with Crippen LogP contribution in [0.4, 0.5) is 0 Å². The summed E-state index contributed by atoms with van der Waals surface area (Å²) in [5.74, 6) is 1.52. The highest BCUT2D eigenvalue weighted by atomic mass is 32.1. The molecule has 0 saturated carbocycles. The summed E-state index contributed by atoms with van der Waals surface area (Å²) >= 11 is 3.15. The molecule has 144 valence electrons. The predicted molar refractivity (Wildman–Crippen MR) is 116 cm³/mol. The third kappa shape index (κ3) is 3.61. The second-order valence-electron chi connectivity index (χ2n) is 6.70. The van der Waals surface area contributed by atoms with E-state index in [9.17, 15) is 4.79 Å². The zero-order chi connectivity index (χ0) is 19.7. The first-order valence-electron chi connectivity index (χ1n) is 8.95. The van der Waals surface area contributed by atoms with Gasteiger partial charge in [0.25, 0.3) is 5.56 Å². The van der Waals surface area contributed by atoms with E-state index in [-0.39, 0.29) is 11.6 Å². The molecular weight excluding hydrogens is 390 g/mol. The molecule has 0 aliphatic carbocycles. The standard InChI is InChI=1S/C21H21N3O2S2/c1-13(24(2)11-14-6-4-7-15(10-14)26-3)19-22-20(25)18-16(12-28-21(18)23-19)17-8-5-9-27-17/h4-10,12-13H,11H2,1-3H3,(H,22,23,25)/t13-/m1/s1. The highest BCUT2D eigenvalue weighted by Gasteiger charge is 2.19. The van der Waals surface area contributed by atoms with Gasteiger partial charge in [0.05, 0.1) is 18.5 Å². The minimum atomic E-state index is -0.0775. The highest BCUT2D eigenvalue weighted by Crippen LogP contribution is 2.34. The second-order valence-corrected chi connectivity index (χ2v) is 8.51. The first-order chi connectivity index (χ1) is 13.6. The number of benzene rings is 1. The monoisotopic (exact) mass is 411 g/mol. The Balaban J connectivity index is 1.62. The van der Waals surface area contributed by atoms with Crippen LogP contribution in [0.3, 0.4) is 0 Å². The maximum absolute atomic E-state index is 12.8. The normalized spacial score (nSPS) is 12.6. The van der Waals surface area contributed by atoms with Crippen LogP contribution in [0.25, 0.3) is 20.7 Å². The van der Waals surface area contributed by atoms with Gasteiger partial charge < -0.3 is 9.72 Å². The van der Waals surface area contributed by atoms with E-state index in [1.54, 1.807) is 18.4 Å². The Morgan fingerprint density at radius 1 is 1.25 bits per heavy atom. The number of hydrogen-bond acceptors (Lipinski definition) is 6. The van der Waals surface area contributed by atoms with E-state index < -0.39 is 0 Å². The fraction of sp³-hybridized carbons (Fsp3) is 0.238. The molecule has 7 heteroatoms. The molecule has 3 heterocycles. The highest BCUT2D eigenvalue weighted by molar-refractivity contribution is 7.18. The second kappa shape index (κ2) is 7.87. The van der Waals surface area contributed by atoms with Gasteiger partial charge >= 0.3 is 0 Å². The number of fused-ring (bicyclic) bond motifs is 1. The molecule has 0 saturated heterocycles. The average molecular weight is 412 g/mol. The summed E-state index contributed by atoms with van der Waals surface area (Å²) in [5, 5.41) is 4.72. The third-order valence-corrected chi connectivity index (χ3v) is 6.65. The summed E-state index contributed by atoms with van der Waals surface area (Å²) in [6.45, 7) is 2.78. The number of rotatable bonds is 6. The maximum Gasteiger partial charge on any atom is 0.260 e. The Morgan fingerprint density at radius 2 is 2.11 bits per heavy atom. The molecule has 1 atom stereocenters. The lowest BCUT2D eigenvalue weighted by atomic mass is 10.1. The molecule has 0 spiro atoms. The molecule has 0 aliphatic heterocycles. The summed E-state index contributed by atoms with van der Waals surface area (Å²) in [6, 6.07) is 12.0. The van der Waals surface area contributed by atoms with Gasteiger partial charge in [-0.2, -0.15) is 0 Å². The number of methoxy groups -OCH3 is 1. The fourth-order valence-corrected chi connectivity index (χ4v) is 4.95. The van der Waals surface area contributed by atoms with Gasteiger partial charge in [-0.25, -0.2) is 4.98 Å². The van der Waals surface area contributed by atoms with Crippen LogP contribution < -0.4 is 10.3 Å². The smallest absolute Gasteiger partial charge is 0.260 e. The quantitative estimate of drug-likeness (QED) is 0.489. The fourth-order valence-electron chi connectivity index (χ4n) is 3.18. The molecule has 5 nitrogen and oxygen atoms in total. The summed E-state index contributed by atoms with van der Waals surface area (Å²) in [6.07, 6.45) is 0. The number of ether oxygens (including phenoxy) is 1. The Hall–Kier alpha value is -2.48. The van der Waals surface area contributed by atoms with Crippen LogP contribution in [0.1, 0.15) is 24.4 Å². The van der Waals surface area contributed by atoms with Crippen LogP contribution >= 0.6 is 22.7 Å². The van der Waals surface area contributed by atoms with Crippen LogP contribution in [-0.4, -0.2) is 29.0 Å². The van der Waals surface area contributed by atoms with Crippen LogP contribution in [0, 0.1) is 0 Å². The molecule has 1 N–H and O–H groups in total. The van der Waals surface area contributed by atoms with E-state index >= 15 is 0 Å². The van der Waals surface area contributed by atoms with Crippen molar-refractivity contribution in [3.8, 4) is 16.2 Å². The summed E-state index contributed by atoms with van der Waals surface area (Å²) in [4.78, 5) is 24.6. The van der Waals surface area contributed by atoms with E-state index in [1.807, 2.05) is 48.1 Å². The van der Waals surface area contributed by atoms with Gasteiger partial charge in [0.15, 0.2) is 0 Å². The molecule has 3 aromatic heterocycles. The van der Waals surface area contributed by atoms with Crippen molar-refractivity contribution in [2.24, 2.45) is 0 Å². The van der Waals surface area contributed by atoms with Crippen molar-refractivity contribution in [2.75, 3.05) is 14.2 Å². The number of thiophene rings is 2. The first kappa shape index (κ1) is 18.9. The van der Waals surface area contributed by atoms with E-state index in [1.165, 1.54) is 11.3 Å². The topological polar surface area (TPSA) is 58.2 Å². The molecule has 1 aromatic carbocycles. The van der Waals surface area contributed by atoms with Crippen LogP contribution in [0.2, 0.25) is 0 Å². The Kier molecular flexibility index (Phi) is 5.30. The molecule has 0 aliphatic rings. The molecule has 0 bridgehead atoms. The van der Waals surface area contributed by atoms with Gasteiger partial charge in [0.1, 0.15) is 16.4 Å². The lowest BCUT2D eigenvalue weighted by Crippen LogP contribution is -2.25. The lowest BCUT2D eigenvalue weighted by molar-refractivity contribution is 0.243. The Labute approximate surface area is 171 Å². The van der Waals surface area contributed by atoms with E-state index in [4.69, 9.17) is 9.72 Å². The van der Waals surface area contributed by atoms with Crippen molar-refractivity contribution < 1.29 is 4.74 Å². The average Bonchev–Trinajstić information content (AvgIpc) is 3.37. The summed E-state index contributed by atoms with van der Waals surface area (Å²) in [5.41, 5.74) is 2.03. The molecule has 0 radical (unpaired) electrons. The first-order valence-corrected chi connectivity index (χ1v) is 10.7. The van der Waals surface area contributed by atoms with Gasteiger partial charge in [0, 0.05) is 22.4 Å². The van der Waals surface area contributed by atoms with Crippen molar-refractivity contribution in [1.82, 2.24) is 14.9 Å². The number of H-pyrrole nitrogens is 1. The van der Waals surface area contributed by atoms with Crippen LogP contribution in [0.15, 0.2) is 52.0 Å². The molecule has 0 fully saturated rings. The molecule has 0 unspecified atom stereocenters. The van der Waals surface area contributed by atoms with Crippen molar-refractivity contribution in [1.29, 1.82) is 0 Å². The predicted octanol–water partition coefficient (Wildman–Crippen LogP) is 4.91. The molecular formula is C21H21N3O2S2. The Morgan fingerprint density at radius 3 is 2.86 bits per heavy atom. The van der Waals surface area contributed by atoms with Crippen LogP contribution in [0.5, 0.6) is 5.75 Å². The number of aromatic amines is 1. The number of nitrogens with one attached hydrogen (secondary N) is 1. The maximum atomic E-state index is 12.8. The number of aromatic nitrogens is 2. The van der Waals surface area contributed by atoms with Gasteiger partial charge in [-0.15, -0.1) is 22.7 Å². The number of hydrogen-bond donors (Lipinski definition) is 1. The summed E-state index contributed by atoms with van der Waals surface area (Å²) in [7, 11) is 3.70.